The van der Waals surface area contributed by atoms with Crippen LogP contribution in [0.3, 0.4) is 0 Å². The van der Waals surface area contributed by atoms with Crippen molar-refractivity contribution < 1.29 is 23.1 Å². The Kier molecular flexibility index (Phi) is 5.17. The number of aromatic carboxylic acids is 1. The number of hydrogen-bond acceptors (Lipinski definition) is 4. The van der Waals surface area contributed by atoms with Crippen LogP contribution < -0.4 is 4.72 Å². The average molecular weight is 338 g/mol. The lowest BCUT2D eigenvalue weighted by atomic mass is 10.1. The summed E-state index contributed by atoms with van der Waals surface area (Å²) >= 11 is 0. The quantitative estimate of drug-likeness (QED) is 0.774. The molecule has 1 aliphatic heterocycles. The molecule has 124 valence electrons. The van der Waals surface area contributed by atoms with Gasteiger partial charge in [0.05, 0.1) is 17.0 Å². The first-order chi connectivity index (χ1) is 10.8. The Bertz CT molecular complexity index is 738. The number of hydrogen-bond donors (Lipinski definition) is 2. The van der Waals surface area contributed by atoms with Crippen molar-refractivity contribution in [2.24, 2.45) is 0 Å². The molecule has 2 rings (SSSR count). The Morgan fingerprint density at radius 1 is 1.26 bits per heavy atom. The summed E-state index contributed by atoms with van der Waals surface area (Å²) in [5, 5.41) is 8.80. The van der Waals surface area contributed by atoms with Gasteiger partial charge in [-0.05, 0) is 37.6 Å². The van der Waals surface area contributed by atoms with Crippen LogP contribution in [0, 0.1) is 0 Å². The number of benzene rings is 1. The molecule has 1 aliphatic rings. The molecule has 0 saturated carbocycles. The van der Waals surface area contributed by atoms with Gasteiger partial charge in [0.15, 0.2) is 0 Å². The number of sulfonamides is 1. The maximum absolute atomic E-state index is 12.1. The molecule has 2 N–H and O–H groups in total. The Balaban J connectivity index is 1.99. The van der Waals surface area contributed by atoms with Crippen LogP contribution in [-0.2, 0) is 14.8 Å². The van der Waals surface area contributed by atoms with Crippen LogP contribution >= 0.6 is 0 Å². The lowest BCUT2D eigenvalue weighted by molar-refractivity contribution is -0.129. The molecule has 1 aromatic carbocycles. The van der Waals surface area contributed by atoms with E-state index < -0.39 is 16.0 Å². The molecule has 0 radical (unpaired) electrons. The molecule has 0 aliphatic carbocycles. The van der Waals surface area contributed by atoms with Crippen molar-refractivity contribution in [1.82, 2.24) is 9.62 Å². The van der Waals surface area contributed by atoms with E-state index in [2.05, 4.69) is 10.8 Å². The SMILES string of the molecule is CC1=CCCN(C(=O)CNS(=O)(=O)c2ccc(C(=O)O)cc2)C1. The van der Waals surface area contributed by atoms with Crippen molar-refractivity contribution in [2.45, 2.75) is 18.2 Å². The van der Waals surface area contributed by atoms with E-state index >= 15 is 0 Å². The molecular weight excluding hydrogens is 320 g/mol. The second-order valence-electron chi connectivity index (χ2n) is 5.31. The van der Waals surface area contributed by atoms with E-state index in [9.17, 15) is 18.0 Å². The summed E-state index contributed by atoms with van der Waals surface area (Å²) in [6, 6.07) is 4.81. The molecule has 0 atom stereocenters. The van der Waals surface area contributed by atoms with Crippen molar-refractivity contribution >= 4 is 21.9 Å². The second kappa shape index (κ2) is 6.93. The van der Waals surface area contributed by atoms with Crippen LogP contribution in [0.1, 0.15) is 23.7 Å². The maximum Gasteiger partial charge on any atom is 0.335 e. The smallest absolute Gasteiger partial charge is 0.335 e. The molecular formula is C15H18N2O5S. The van der Waals surface area contributed by atoms with Crippen molar-refractivity contribution in [1.29, 1.82) is 0 Å². The van der Waals surface area contributed by atoms with Gasteiger partial charge in [0.2, 0.25) is 15.9 Å². The summed E-state index contributed by atoms with van der Waals surface area (Å²) in [4.78, 5) is 24.3. The molecule has 1 heterocycles. The molecule has 0 saturated heterocycles. The standard InChI is InChI=1S/C15H18N2O5S/c1-11-3-2-8-17(10-11)14(18)9-16-23(21,22)13-6-4-12(5-7-13)15(19)20/h3-7,16H,2,8-10H2,1H3,(H,19,20). The molecule has 0 fully saturated rings. The molecule has 7 nitrogen and oxygen atoms in total. The second-order valence-corrected chi connectivity index (χ2v) is 7.08. The highest BCUT2D eigenvalue weighted by Gasteiger charge is 2.20. The van der Waals surface area contributed by atoms with Crippen molar-refractivity contribution in [3.8, 4) is 0 Å². The Labute approximate surface area is 134 Å². The fourth-order valence-electron chi connectivity index (χ4n) is 2.25. The monoisotopic (exact) mass is 338 g/mol. The van der Waals surface area contributed by atoms with Gasteiger partial charge >= 0.3 is 5.97 Å². The van der Waals surface area contributed by atoms with Gasteiger partial charge in [0, 0.05) is 13.1 Å². The van der Waals surface area contributed by atoms with Crippen molar-refractivity contribution in [3.05, 3.63) is 41.5 Å². The molecule has 23 heavy (non-hydrogen) atoms. The van der Waals surface area contributed by atoms with E-state index in [-0.39, 0.29) is 22.9 Å². The zero-order valence-electron chi connectivity index (χ0n) is 12.7. The minimum absolute atomic E-state index is 0.00407. The van der Waals surface area contributed by atoms with Crippen molar-refractivity contribution in [3.63, 3.8) is 0 Å². The molecule has 8 heteroatoms. The number of nitrogens with zero attached hydrogens (tertiary/aromatic N) is 1. The van der Waals surface area contributed by atoms with Gasteiger partial charge in [0.25, 0.3) is 0 Å². The third kappa shape index (κ3) is 4.40. The molecule has 0 aromatic heterocycles. The lowest BCUT2D eigenvalue weighted by Gasteiger charge is -2.26. The summed E-state index contributed by atoms with van der Waals surface area (Å²) < 4.78 is 26.5. The van der Waals surface area contributed by atoms with E-state index in [1.807, 2.05) is 6.92 Å². The van der Waals surface area contributed by atoms with Crippen LogP contribution in [0.2, 0.25) is 0 Å². The van der Waals surface area contributed by atoms with Gasteiger partial charge in [-0.3, -0.25) is 4.79 Å². The van der Waals surface area contributed by atoms with Gasteiger partial charge in [0.1, 0.15) is 0 Å². The average Bonchev–Trinajstić information content (AvgIpc) is 2.52. The summed E-state index contributed by atoms with van der Waals surface area (Å²) in [7, 11) is -3.86. The highest BCUT2D eigenvalue weighted by molar-refractivity contribution is 7.89. The normalized spacial score (nSPS) is 15.2. The van der Waals surface area contributed by atoms with E-state index in [1.165, 1.54) is 24.3 Å². The van der Waals surface area contributed by atoms with Gasteiger partial charge in [-0.25, -0.2) is 17.9 Å². The van der Waals surface area contributed by atoms with E-state index in [4.69, 9.17) is 5.11 Å². The van der Waals surface area contributed by atoms with E-state index in [0.717, 1.165) is 12.0 Å². The molecule has 0 unspecified atom stereocenters. The molecule has 0 bridgehead atoms. The zero-order valence-corrected chi connectivity index (χ0v) is 13.5. The Morgan fingerprint density at radius 3 is 2.48 bits per heavy atom. The van der Waals surface area contributed by atoms with Crippen LogP contribution in [0.4, 0.5) is 0 Å². The first-order valence-electron chi connectivity index (χ1n) is 7.06. The van der Waals surface area contributed by atoms with Gasteiger partial charge < -0.3 is 10.0 Å². The van der Waals surface area contributed by atoms with E-state index in [0.29, 0.717) is 13.1 Å². The first kappa shape index (κ1) is 17.2. The highest BCUT2D eigenvalue weighted by Crippen LogP contribution is 2.11. The third-order valence-electron chi connectivity index (χ3n) is 3.51. The van der Waals surface area contributed by atoms with Crippen LogP contribution in [0.15, 0.2) is 40.8 Å². The van der Waals surface area contributed by atoms with Crippen molar-refractivity contribution in [2.75, 3.05) is 19.6 Å². The van der Waals surface area contributed by atoms with Crippen LogP contribution in [-0.4, -0.2) is 49.9 Å². The summed E-state index contributed by atoms with van der Waals surface area (Å²) in [5.74, 6) is -1.42. The third-order valence-corrected chi connectivity index (χ3v) is 4.93. The minimum Gasteiger partial charge on any atom is -0.478 e. The number of amides is 1. The Morgan fingerprint density at radius 2 is 1.91 bits per heavy atom. The topological polar surface area (TPSA) is 104 Å². The number of rotatable bonds is 5. The number of nitrogens with one attached hydrogen (secondary N) is 1. The Hall–Kier alpha value is -2.19. The number of carboxylic acid groups (broad SMARTS) is 1. The molecule has 0 spiro atoms. The number of carbonyl (C=O) groups excluding carboxylic acids is 1. The molecule has 1 aromatic rings. The van der Waals surface area contributed by atoms with Gasteiger partial charge in [-0.15, -0.1) is 0 Å². The number of carboxylic acids is 1. The number of carbonyl (C=O) groups is 2. The minimum atomic E-state index is -3.86. The largest absolute Gasteiger partial charge is 0.478 e. The summed E-state index contributed by atoms with van der Waals surface area (Å²) in [6.45, 7) is 2.68. The van der Waals surface area contributed by atoms with E-state index in [1.54, 1.807) is 4.90 Å². The summed E-state index contributed by atoms with van der Waals surface area (Å²) in [5.41, 5.74) is 1.08. The fraction of sp³-hybridized carbons (Fsp3) is 0.333. The summed E-state index contributed by atoms with van der Waals surface area (Å²) in [6.07, 6.45) is 2.82. The van der Waals surface area contributed by atoms with Crippen LogP contribution in [0.25, 0.3) is 0 Å². The predicted octanol–water partition coefficient (Wildman–Crippen LogP) is 0.842. The molecule has 1 amide bonds. The van der Waals surface area contributed by atoms with Crippen LogP contribution in [0.5, 0.6) is 0 Å². The predicted molar refractivity (Wildman–Crippen MR) is 83.5 cm³/mol. The zero-order chi connectivity index (χ0) is 17.0. The highest BCUT2D eigenvalue weighted by atomic mass is 32.2. The first-order valence-corrected chi connectivity index (χ1v) is 8.54. The van der Waals surface area contributed by atoms with Gasteiger partial charge in [-0.1, -0.05) is 11.6 Å². The fourth-order valence-corrected chi connectivity index (χ4v) is 3.23. The lowest BCUT2D eigenvalue weighted by Crippen LogP contribution is -2.42. The maximum atomic E-state index is 12.1. The van der Waals surface area contributed by atoms with Gasteiger partial charge in [-0.2, -0.15) is 0 Å².